The van der Waals surface area contributed by atoms with Crippen LogP contribution in [0.25, 0.3) is 5.57 Å². The molecule has 0 spiro atoms. The van der Waals surface area contributed by atoms with E-state index in [1.807, 2.05) is 0 Å². The second kappa shape index (κ2) is 5.38. The minimum absolute atomic E-state index is 0.430. The number of hydrogen-bond acceptors (Lipinski definition) is 2. The minimum atomic E-state index is 0.430. The van der Waals surface area contributed by atoms with Crippen LogP contribution in [0, 0.1) is 11.8 Å². The van der Waals surface area contributed by atoms with Crippen LogP contribution in [0.5, 0.6) is 0 Å². The Balaban J connectivity index is 1.63. The van der Waals surface area contributed by atoms with E-state index in [1.54, 1.807) is 5.57 Å². The molecule has 2 bridgehead atoms. The van der Waals surface area contributed by atoms with Gasteiger partial charge in [0.2, 0.25) is 0 Å². The van der Waals surface area contributed by atoms with Crippen LogP contribution >= 0.6 is 0 Å². The van der Waals surface area contributed by atoms with Gasteiger partial charge in [-0.1, -0.05) is 42.5 Å². The van der Waals surface area contributed by atoms with E-state index in [9.17, 15) is 0 Å². The lowest BCUT2D eigenvalue weighted by molar-refractivity contribution is 0.0780. The Morgan fingerprint density at radius 2 is 1.96 bits per heavy atom. The van der Waals surface area contributed by atoms with Gasteiger partial charge >= 0.3 is 0 Å². The Kier molecular flexibility index (Phi) is 3.19. The van der Waals surface area contributed by atoms with Gasteiger partial charge in [0.05, 0.1) is 6.04 Å². The summed E-state index contributed by atoms with van der Waals surface area (Å²) in [6.45, 7) is 3.86. The lowest BCUT2D eigenvalue weighted by atomic mass is 9.73. The molecular weight excluding hydrogens is 280 g/mol. The average molecular weight is 304 g/mol. The topological polar surface area (TPSA) is 15.3 Å². The van der Waals surface area contributed by atoms with Crippen molar-refractivity contribution < 1.29 is 0 Å². The maximum absolute atomic E-state index is 3.79. The summed E-state index contributed by atoms with van der Waals surface area (Å²) in [6, 6.07) is 9.35. The molecule has 4 aliphatic heterocycles. The largest absolute Gasteiger partial charge is 0.377 e. The first-order chi connectivity index (χ1) is 11.4. The van der Waals surface area contributed by atoms with Gasteiger partial charge in [0.25, 0.3) is 0 Å². The van der Waals surface area contributed by atoms with Crippen molar-refractivity contribution in [3.8, 4) is 0 Å². The van der Waals surface area contributed by atoms with E-state index < -0.39 is 0 Å². The van der Waals surface area contributed by atoms with Crippen molar-refractivity contribution in [1.29, 1.82) is 0 Å². The van der Waals surface area contributed by atoms with Crippen LogP contribution in [0.1, 0.15) is 24.8 Å². The summed E-state index contributed by atoms with van der Waals surface area (Å²) in [5.41, 5.74) is 5.78. The number of para-hydroxylation sites is 1. The van der Waals surface area contributed by atoms with E-state index in [0.29, 0.717) is 12.0 Å². The number of fused-ring (bicyclic) bond motifs is 5. The highest BCUT2D eigenvalue weighted by atomic mass is 15.1. The van der Waals surface area contributed by atoms with Crippen LogP contribution in [0.4, 0.5) is 5.69 Å². The van der Waals surface area contributed by atoms with E-state index in [4.69, 9.17) is 0 Å². The second-order valence-electron chi connectivity index (χ2n) is 7.42. The summed E-state index contributed by atoms with van der Waals surface area (Å²) in [5.74, 6) is 1.57. The molecule has 0 radical (unpaired) electrons. The fraction of sp³-hybridized carbons (Fsp3) is 0.429. The normalized spacial score (nSPS) is 34.6. The van der Waals surface area contributed by atoms with Gasteiger partial charge in [-0.15, -0.1) is 0 Å². The predicted molar refractivity (Wildman–Crippen MR) is 96.3 cm³/mol. The molecule has 2 atom stereocenters. The van der Waals surface area contributed by atoms with Gasteiger partial charge in [-0.05, 0) is 55.5 Å². The average Bonchev–Trinajstić information content (AvgIpc) is 2.79. The van der Waals surface area contributed by atoms with Gasteiger partial charge in [-0.25, -0.2) is 0 Å². The molecular formula is C21H24N2. The Morgan fingerprint density at radius 1 is 1.09 bits per heavy atom. The van der Waals surface area contributed by atoms with Crippen molar-refractivity contribution in [2.24, 2.45) is 11.8 Å². The van der Waals surface area contributed by atoms with Crippen molar-refractivity contribution >= 4 is 11.3 Å². The van der Waals surface area contributed by atoms with Gasteiger partial charge in [0, 0.05) is 23.7 Å². The highest BCUT2D eigenvalue weighted by Crippen LogP contribution is 2.44. The zero-order valence-corrected chi connectivity index (χ0v) is 13.5. The number of piperidine rings is 3. The first-order valence-electron chi connectivity index (χ1n) is 9.05. The van der Waals surface area contributed by atoms with Crippen LogP contribution in [0.2, 0.25) is 0 Å². The van der Waals surface area contributed by atoms with Crippen molar-refractivity contribution in [3.05, 3.63) is 59.7 Å². The minimum Gasteiger partial charge on any atom is -0.377 e. The maximum atomic E-state index is 3.79. The quantitative estimate of drug-likeness (QED) is 0.840. The molecule has 3 fully saturated rings. The SMILES string of the molecule is C1=CCC2Nc3ccccc3C(C3CN4CCC3CC4)=CC2=C1. The molecule has 0 amide bonds. The monoisotopic (exact) mass is 304 g/mol. The van der Waals surface area contributed by atoms with Crippen molar-refractivity contribution in [3.63, 3.8) is 0 Å². The number of nitrogens with zero attached hydrogens (tertiary/aromatic N) is 1. The molecule has 1 aromatic carbocycles. The molecule has 6 rings (SSSR count). The molecule has 0 saturated carbocycles. The molecule has 0 aromatic heterocycles. The van der Waals surface area contributed by atoms with Crippen molar-refractivity contribution in [2.75, 3.05) is 25.0 Å². The molecule has 4 heterocycles. The van der Waals surface area contributed by atoms with Crippen LogP contribution in [0.15, 0.2) is 54.1 Å². The van der Waals surface area contributed by atoms with E-state index >= 15 is 0 Å². The molecule has 23 heavy (non-hydrogen) atoms. The summed E-state index contributed by atoms with van der Waals surface area (Å²) in [5, 5.41) is 3.79. The molecule has 2 heteroatoms. The van der Waals surface area contributed by atoms with Gasteiger partial charge in [-0.2, -0.15) is 0 Å². The number of anilines is 1. The lowest BCUT2D eigenvalue weighted by Crippen LogP contribution is -2.47. The van der Waals surface area contributed by atoms with Gasteiger partial charge in [-0.3, -0.25) is 0 Å². The fourth-order valence-corrected chi connectivity index (χ4v) is 4.87. The highest BCUT2D eigenvalue weighted by Gasteiger charge is 2.37. The number of allylic oxidation sites excluding steroid dienone is 2. The van der Waals surface area contributed by atoms with E-state index in [0.717, 1.165) is 12.3 Å². The molecule has 2 nitrogen and oxygen atoms in total. The molecule has 5 aliphatic rings. The molecule has 118 valence electrons. The summed E-state index contributed by atoms with van der Waals surface area (Å²) in [6.07, 6.45) is 13.1. The van der Waals surface area contributed by atoms with E-state index in [-0.39, 0.29) is 0 Å². The Morgan fingerprint density at radius 3 is 2.78 bits per heavy atom. The molecule has 2 unspecified atom stereocenters. The Bertz CT molecular complexity index is 704. The van der Waals surface area contributed by atoms with Crippen molar-refractivity contribution in [1.82, 2.24) is 4.90 Å². The van der Waals surface area contributed by atoms with Crippen LogP contribution in [-0.4, -0.2) is 30.6 Å². The smallest absolute Gasteiger partial charge is 0.0548 e. The predicted octanol–water partition coefficient (Wildman–Crippen LogP) is 4.09. The number of hydrogen-bond donors (Lipinski definition) is 1. The third kappa shape index (κ3) is 2.28. The number of benzene rings is 1. The first-order valence-corrected chi connectivity index (χ1v) is 9.05. The zero-order valence-electron chi connectivity index (χ0n) is 13.5. The molecule has 1 aliphatic carbocycles. The maximum Gasteiger partial charge on any atom is 0.0548 e. The van der Waals surface area contributed by atoms with Crippen molar-refractivity contribution in [2.45, 2.75) is 25.3 Å². The molecule has 1 aromatic rings. The Labute approximate surface area is 138 Å². The van der Waals surface area contributed by atoms with Crippen LogP contribution < -0.4 is 5.32 Å². The standard InChI is InChI=1S/C21H24N2/c1-3-7-20-16(5-1)13-18(17-6-2-4-8-21(17)22-20)19-14-23-11-9-15(19)10-12-23/h1-6,8,13,15,19-20,22H,7,9-12,14H2. The van der Waals surface area contributed by atoms with Gasteiger partial charge in [0.15, 0.2) is 0 Å². The summed E-state index contributed by atoms with van der Waals surface area (Å²) in [7, 11) is 0. The van der Waals surface area contributed by atoms with Gasteiger partial charge < -0.3 is 10.2 Å². The highest BCUT2D eigenvalue weighted by molar-refractivity contribution is 5.82. The second-order valence-corrected chi connectivity index (χ2v) is 7.42. The number of rotatable bonds is 1. The third-order valence-corrected chi connectivity index (χ3v) is 6.14. The summed E-state index contributed by atoms with van der Waals surface area (Å²) in [4.78, 5) is 2.67. The fourth-order valence-electron chi connectivity index (χ4n) is 4.87. The molecule has 3 saturated heterocycles. The van der Waals surface area contributed by atoms with E-state index in [2.05, 4.69) is 58.8 Å². The number of nitrogens with one attached hydrogen (secondary N) is 1. The summed E-state index contributed by atoms with van der Waals surface area (Å²) < 4.78 is 0. The molecule has 1 N–H and O–H groups in total. The first kappa shape index (κ1) is 13.6. The van der Waals surface area contributed by atoms with E-state index in [1.165, 1.54) is 49.3 Å². The Hall–Kier alpha value is -1.80. The zero-order chi connectivity index (χ0) is 15.2. The van der Waals surface area contributed by atoms with Crippen LogP contribution in [0.3, 0.4) is 0 Å². The third-order valence-electron chi connectivity index (χ3n) is 6.14. The van der Waals surface area contributed by atoms with Crippen LogP contribution in [-0.2, 0) is 0 Å². The summed E-state index contributed by atoms with van der Waals surface area (Å²) >= 11 is 0. The van der Waals surface area contributed by atoms with Gasteiger partial charge in [0.1, 0.15) is 0 Å². The lowest BCUT2D eigenvalue weighted by Gasteiger charge is -2.46.